The Labute approximate surface area is 138 Å². The molecule has 0 bridgehead atoms. The summed E-state index contributed by atoms with van der Waals surface area (Å²) in [4.78, 5) is 24.5. The number of thiazole rings is 1. The molecule has 0 aliphatic heterocycles. The highest BCUT2D eigenvalue weighted by atomic mass is 32.1. The van der Waals surface area contributed by atoms with Gasteiger partial charge in [0.25, 0.3) is 5.56 Å². The average Bonchev–Trinajstić information content (AvgIpc) is 2.75. The molecule has 0 saturated heterocycles. The monoisotopic (exact) mass is 326 g/mol. The molecule has 0 amide bonds. The number of ketones is 1. The maximum atomic E-state index is 12.3. The predicted octanol–water partition coefficient (Wildman–Crippen LogP) is 1.54. The van der Waals surface area contributed by atoms with Gasteiger partial charge in [-0.3, -0.25) is 9.59 Å². The molecule has 1 aromatic heterocycles. The van der Waals surface area contributed by atoms with Crippen LogP contribution in [0.4, 0.5) is 0 Å². The number of hydrogen-bond donors (Lipinski definition) is 0. The van der Waals surface area contributed by atoms with Gasteiger partial charge >= 0.3 is 0 Å². The van der Waals surface area contributed by atoms with Crippen LogP contribution in [0, 0.1) is 16.7 Å². The van der Waals surface area contributed by atoms with Gasteiger partial charge in [0, 0.05) is 18.5 Å². The first-order chi connectivity index (χ1) is 10.7. The van der Waals surface area contributed by atoms with E-state index >= 15 is 0 Å². The highest BCUT2D eigenvalue weighted by Gasteiger charge is 2.19. The van der Waals surface area contributed by atoms with Gasteiger partial charge in [0.15, 0.2) is 5.78 Å². The topological polar surface area (TPSA) is 62.9 Å². The van der Waals surface area contributed by atoms with Gasteiger partial charge in [0.05, 0.1) is 16.2 Å². The van der Waals surface area contributed by atoms with Crippen molar-refractivity contribution in [3.8, 4) is 6.07 Å². The molecule has 0 radical (unpaired) electrons. The van der Waals surface area contributed by atoms with E-state index in [0.717, 1.165) is 5.56 Å². The van der Waals surface area contributed by atoms with Crippen molar-refractivity contribution >= 4 is 29.3 Å². The van der Waals surface area contributed by atoms with Gasteiger partial charge in [-0.2, -0.15) is 5.26 Å². The second-order valence-electron chi connectivity index (χ2n) is 6.31. The molecular weight excluding hydrogens is 308 g/mol. The van der Waals surface area contributed by atoms with E-state index in [2.05, 4.69) is 6.07 Å². The molecule has 4 nitrogen and oxygen atoms in total. The maximum absolute atomic E-state index is 12.3. The Kier molecular flexibility index (Phi) is 4.67. The molecule has 0 N–H and O–H groups in total. The van der Waals surface area contributed by atoms with Crippen LogP contribution >= 0.6 is 11.3 Å². The van der Waals surface area contributed by atoms with Crippen molar-refractivity contribution in [3.63, 3.8) is 0 Å². The minimum absolute atomic E-state index is 0.0209. The van der Waals surface area contributed by atoms with Crippen LogP contribution in [0.2, 0.25) is 0 Å². The van der Waals surface area contributed by atoms with Crippen LogP contribution in [-0.2, 0) is 11.8 Å². The SMILES string of the molecule is Cn1c(=CC(=O)C(C)(C)C)sc(=Cc2cccc(C#N)c2)c1=O. The summed E-state index contributed by atoms with van der Waals surface area (Å²) < 4.78 is 2.64. The Morgan fingerprint density at radius 3 is 2.65 bits per heavy atom. The van der Waals surface area contributed by atoms with Crippen molar-refractivity contribution in [2.24, 2.45) is 12.5 Å². The number of Topliss-reactive ketones (excluding diaryl/α,β-unsaturated/α-hetero) is 1. The molecule has 1 aromatic carbocycles. The third-order valence-corrected chi connectivity index (χ3v) is 4.48. The highest BCUT2D eigenvalue weighted by molar-refractivity contribution is 7.07. The Bertz CT molecular complexity index is 966. The quantitative estimate of drug-likeness (QED) is 0.841. The molecule has 5 heteroatoms. The summed E-state index contributed by atoms with van der Waals surface area (Å²) in [5.74, 6) is -0.0209. The van der Waals surface area contributed by atoms with Gasteiger partial charge in [-0.05, 0) is 23.8 Å². The van der Waals surface area contributed by atoms with Crippen LogP contribution in [0.1, 0.15) is 31.9 Å². The molecule has 0 atom stereocenters. The van der Waals surface area contributed by atoms with Gasteiger partial charge in [0.2, 0.25) is 0 Å². The molecule has 2 rings (SSSR count). The van der Waals surface area contributed by atoms with Crippen LogP contribution in [-0.4, -0.2) is 10.4 Å². The number of rotatable bonds is 2. The Morgan fingerprint density at radius 1 is 1.35 bits per heavy atom. The number of hydrogen-bond acceptors (Lipinski definition) is 4. The van der Waals surface area contributed by atoms with Gasteiger partial charge < -0.3 is 4.57 Å². The van der Waals surface area contributed by atoms with E-state index in [4.69, 9.17) is 5.26 Å². The lowest BCUT2D eigenvalue weighted by Gasteiger charge is -2.12. The molecule has 2 aromatic rings. The lowest BCUT2D eigenvalue weighted by atomic mass is 9.91. The van der Waals surface area contributed by atoms with E-state index < -0.39 is 5.41 Å². The normalized spacial score (nSPS) is 13.2. The zero-order valence-electron chi connectivity index (χ0n) is 13.6. The first-order valence-corrected chi connectivity index (χ1v) is 7.98. The molecule has 0 aliphatic rings. The summed E-state index contributed by atoms with van der Waals surface area (Å²) in [6, 6.07) is 9.13. The summed E-state index contributed by atoms with van der Waals surface area (Å²) in [7, 11) is 1.66. The van der Waals surface area contributed by atoms with Crippen molar-refractivity contribution in [2.75, 3.05) is 0 Å². The van der Waals surface area contributed by atoms with Crippen LogP contribution in [0.5, 0.6) is 0 Å². The minimum Gasteiger partial charge on any atom is -0.302 e. The minimum atomic E-state index is -0.481. The zero-order valence-corrected chi connectivity index (χ0v) is 14.4. The van der Waals surface area contributed by atoms with Crippen molar-refractivity contribution in [1.82, 2.24) is 4.57 Å². The van der Waals surface area contributed by atoms with E-state index in [0.29, 0.717) is 14.8 Å². The number of nitrogens with zero attached hydrogens (tertiary/aromatic N) is 2. The third-order valence-electron chi connectivity index (χ3n) is 3.37. The molecule has 0 unspecified atom stereocenters. The largest absolute Gasteiger partial charge is 0.302 e. The number of benzene rings is 1. The molecule has 0 aliphatic carbocycles. The van der Waals surface area contributed by atoms with Crippen molar-refractivity contribution in [2.45, 2.75) is 20.8 Å². The lowest BCUT2D eigenvalue weighted by Crippen LogP contribution is -2.30. The zero-order chi connectivity index (χ0) is 17.2. The van der Waals surface area contributed by atoms with E-state index in [1.807, 2.05) is 26.8 Å². The Morgan fingerprint density at radius 2 is 2.04 bits per heavy atom. The summed E-state index contributed by atoms with van der Waals surface area (Å²) >= 11 is 1.27. The highest BCUT2D eigenvalue weighted by Crippen LogP contribution is 2.14. The average molecular weight is 326 g/mol. The third kappa shape index (κ3) is 3.85. The second-order valence-corrected chi connectivity index (χ2v) is 7.37. The summed E-state index contributed by atoms with van der Waals surface area (Å²) in [6.07, 6.45) is 3.27. The van der Waals surface area contributed by atoms with Crippen LogP contribution < -0.4 is 14.8 Å². The summed E-state index contributed by atoms with van der Waals surface area (Å²) in [5, 5.41) is 8.94. The Hall–Kier alpha value is -2.45. The second kappa shape index (κ2) is 6.35. The van der Waals surface area contributed by atoms with Crippen LogP contribution in [0.3, 0.4) is 0 Å². The molecular formula is C18H18N2O2S. The van der Waals surface area contributed by atoms with Crippen molar-refractivity contribution in [3.05, 3.63) is 54.9 Å². The van der Waals surface area contributed by atoms with Crippen molar-refractivity contribution in [1.29, 1.82) is 5.26 Å². The number of nitriles is 1. The first kappa shape index (κ1) is 16.9. The van der Waals surface area contributed by atoms with Gasteiger partial charge in [-0.1, -0.05) is 32.9 Å². The first-order valence-electron chi connectivity index (χ1n) is 7.16. The van der Waals surface area contributed by atoms with Crippen LogP contribution in [0.15, 0.2) is 29.1 Å². The molecule has 0 spiro atoms. The van der Waals surface area contributed by atoms with Gasteiger partial charge in [-0.15, -0.1) is 11.3 Å². The molecule has 23 heavy (non-hydrogen) atoms. The predicted molar refractivity (Wildman–Crippen MR) is 92.5 cm³/mol. The van der Waals surface area contributed by atoms with Crippen molar-refractivity contribution < 1.29 is 4.79 Å². The maximum Gasteiger partial charge on any atom is 0.268 e. The fraction of sp³-hybridized carbons (Fsp3) is 0.278. The van der Waals surface area contributed by atoms with E-state index in [9.17, 15) is 9.59 Å². The molecule has 0 saturated carbocycles. The number of carbonyl (C=O) groups excluding carboxylic acids is 1. The number of carbonyl (C=O) groups is 1. The van der Waals surface area contributed by atoms with Gasteiger partial charge in [-0.25, -0.2) is 0 Å². The summed E-state index contributed by atoms with van der Waals surface area (Å²) in [6.45, 7) is 5.54. The van der Waals surface area contributed by atoms with E-state index in [1.165, 1.54) is 22.0 Å². The fourth-order valence-electron chi connectivity index (χ4n) is 1.89. The molecule has 0 fully saturated rings. The van der Waals surface area contributed by atoms with E-state index in [1.54, 1.807) is 31.3 Å². The smallest absolute Gasteiger partial charge is 0.268 e. The molecule has 118 valence electrons. The summed E-state index contributed by atoms with van der Waals surface area (Å²) in [5.41, 5.74) is 0.703. The number of aromatic nitrogens is 1. The van der Waals surface area contributed by atoms with E-state index in [-0.39, 0.29) is 11.3 Å². The Balaban J connectivity index is 2.59. The molecule has 1 heterocycles. The fourth-order valence-corrected chi connectivity index (χ4v) is 2.92. The standard InChI is InChI=1S/C18H18N2O2S/c1-18(2,3)15(21)10-16-20(4)17(22)14(23-16)9-12-6-5-7-13(8-12)11-19/h5-10H,1-4H3. The van der Waals surface area contributed by atoms with Gasteiger partial charge in [0.1, 0.15) is 4.66 Å². The lowest BCUT2D eigenvalue weighted by molar-refractivity contribution is -0.120. The van der Waals surface area contributed by atoms with Crippen LogP contribution in [0.25, 0.3) is 12.2 Å².